The van der Waals surface area contributed by atoms with Gasteiger partial charge in [-0.15, -0.1) is 0 Å². The number of hydrogen-bond acceptors (Lipinski definition) is 4. The van der Waals surface area contributed by atoms with E-state index in [0.717, 1.165) is 42.8 Å². The van der Waals surface area contributed by atoms with Crippen molar-refractivity contribution in [3.05, 3.63) is 35.4 Å². The van der Waals surface area contributed by atoms with Crippen LogP contribution >= 0.6 is 0 Å². The summed E-state index contributed by atoms with van der Waals surface area (Å²) in [4.78, 5) is 7.42. The van der Waals surface area contributed by atoms with E-state index in [2.05, 4.69) is 20.4 Å². The summed E-state index contributed by atoms with van der Waals surface area (Å²) in [7, 11) is 1.86. The van der Waals surface area contributed by atoms with Gasteiger partial charge in [-0.25, -0.2) is 9.97 Å². The topological polar surface area (TPSA) is 55.6 Å². The maximum atomic E-state index is 12.7. The van der Waals surface area contributed by atoms with Crippen LogP contribution in [0.3, 0.4) is 0 Å². The summed E-state index contributed by atoms with van der Waals surface area (Å²) in [6.07, 6.45) is 1.09. The number of alkyl halides is 3. The van der Waals surface area contributed by atoms with E-state index in [4.69, 9.17) is 0 Å². The Morgan fingerprint density at radius 1 is 1.38 bits per heavy atom. The Balaban J connectivity index is 1.85. The molecule has 3 rings (SSSR count). The van der Waals surface area contributed by atoms with E-state index in [9.17, 15) is 13.2 Å². The molecular formula is C13H14F3N5. The van der Waals surface area contributed by atoms with Gasteiger partial charge in [0.05, 0.1) is 12.2 Å². The normalized spacial score (nSPS) is 18.4. The molecule has 0 aliphatic heterocycles. The first-order valence-corrected chi connectivity index (χ1v) is 6.62. The van der Waals surface area contributed by atoms with Crippen molar-refractivity contribution < 1.29 is 13.2 Å². The predicted octanol–water partition coefficient (Wildman–Crippen LogP) is 2.72. The Labute approximate surface area is 119 Å². The van der Waals surface area contributed by atoms with Crippen molar-refractivity contribution in [3.63, 3.8) is 0 Å². The third kappa shape index (κ3) is 2.70. The molecule has 0 bridgehead atoms. The molecule has 0 saturated heterocycles. The first-order valence-electron chi connectivity index (χ1n) is 6.62. The van der Waals surface area contributed by atoms with Gasteiger partial charge in [0.2, 0.25) is 5.95 Å². The van der Waals surface area contributed by atoms with Gasteiger partial charge < -0.3 is 5.32 Å². The first-order chi connectivity index (χ1) is 9.95. The van der Waals surface area contributed by atoms with Gasteiger partial charge in [-0.3, -0.25) is 4.68 Å². The van der Waals surface area contributed by atoms with E-state index in [1.54, 1.807) is 10.9 Å². The molecule has 1 N–H and O–H groups in total. The number of aromatic nitrogens is 4. The number of anilines is 1. The lowest BCUT2D eigenvalue weighted by atomic mass is 9.93. The van der Waals surface area contributed by atoms with E-state index < -0.39 is 11.9 Å². The minimum Gasteiger partial charge on any atom is -0.347 e. The van der Waals surface area contributed by atoms with E-state index in [-0.39, 0.29) is 12.0 Å². The Kier molecular flexibility index (Phi) is 3.30. The predicted molar refractivity (Wildman–Crippen MR) is 69.5 cm³/mol. The van der Waals surface area contributed by atoms with Crippen molar-refractivity contribution >= 4 is 5.95 Å². The smallest absolute Gasteiger partial charge is 0.347 e. The highest BCUT2D eigenvalue weighted by Gasteiger charge is 2.33. The molecule has 0 spiro atoms. The average molecular weight is 297 g/mol. The standard InChI is InChI=1S/C13H14F3N5/c1-21-10-4-2-3-9(8(10)7-18-21)19-12-17-6-5-11(20-12)13(14,15)16/h5-7,9H,2-4H2,1H3,(H,17,19,20)/t9-/m1/s1. The van der Waals surface area contributed by atoms with Crippen molar-refractivity contribution in [3.8, 4) is 0 Å². The molecule has 8 heteroatoms. The fourth-order valence-corrected chi connectivity index (χ4v) is 2.60. The Bertz CT molecular complexity index is 649. The SMILES string of the molecule is Cn1ncc2c1CCC[C@H]2Nc1nccc(C(F)(F)F)n1. The summed E-state index contributed by atoms with van der Waals surface area (Å²) in [5.74, 6) is -0.00784. The molecule has 0 radical (unpaired) electrons. The number of hydrogen-bond donors (Lipinski definition) is 1. The molecule has 1 aliphatic rings. The molecule has 0 fully saturated rings. The van der Waals surface area contributed by atoms with Crippen LogP contribution in [0, 0.1) is 0 Å². The van der Waals surface area contributed by atoms with Crippen LogP contribution in [0.2, 0.25) is 0 Å². The summed E-state index contributed by atoms with van der Waals surface area (Å²) in [5, 5.41) is 7.19. The van der Waals surface area contributed by atoms with Gasteiger partial charge in [0.25, 0.3) is 0 Å². The van der Waals surface area contributed by atoms with Gasteiger partial charge in [-0.1, -0.05) is 0 Å². The Morgan fingerprint density at radius 3 is 2.95 bits per heavy atom. The van der Waals surface area contributed by atoms with Crippen molar-refractivity contribution in [1.29, 1.82) is 0 Å². The fourth-order valence-electron chi connectivity index (χ4n) is 2.60. The van der Waals surface area contributed by atoms with E-state index in [1.807, 2.05) is 7.05 Å². The van der Waals surface area contributed by atoms with Crippen LogP contribution in [0.15, 0.2) is 18.5 Å². The second-order valence-electron chi connectivity index (χ2n) is 5.02. The zero-order valence-electron chi connectivity index (χ0n) is 11.4. The third-order valence-electron chi connectivity index (χ3n) is 3.63. The van der Waals surface area contributed by atoms with Gasteiger partial charge in [0.1, 0.15) is 5.69 Å². The fraction of sp³-hybridized carbons (Fsp3) is 0.462. The summed E-state index contributed by atoms with van der Waals surface area (Å²) in [5.41, 5.74) is 1.16. The zero-order chi connectivity index (χ0) is 15.0. The number of nitrogens with zero attached hydrogens (tertiary/aromatic N) is 4. The highest BCUT2D eigenvalue weighted by molar-refractivity contribution is 5.35. The third-order valence-corrected chi connectivity index (χ3v) is 3.63. The quantitative estimate of drug-likeness (QED) is 0.926. The molecule has 0 saturated carbocycles. The van der Waals surface area contributed by atoms with Crippen LogP contribution in [0.25, 0.3) is 0 Å². The van der Waals surface area contributed by atoms with Crippen LogP contribution < -0.4 is 5.32 Å². The summed E-state index contributed by atoms with van der Waals surface area (Å²) in [6, 6.07) is 0.757. The molecule has 1 atom stereocenters. The molecule has 112 valence electrons. The van der Waals surface area contributed by atoms with Crippen LogP contribution in [0.5, 0.6) is 0 Å². The number of halogens is 3. The minimum absolute atomic E-state index is 0.00784. The number of fused-ring (bicyclic) bond motifs is 1. The molecule has 2 heterocycles. The minimum atomic E-state index is -4.47. The summed E-state index contributed by atoms with van der Waals surface area (Å²) in [6.45, 7) is 0. The van der Waals surface area contributed by atoms with Gasteiger partial charge in [-0.2, -0.15) is 18.3 Å². The molecule has 0 unspecified atom stereocenters. The maximum Gasteiger partial charge on any atom is 0.433 e. The highest BCUT2D eigenvalue weighted by atomic mass is 19.4. The molecule has 21 heavy (non-hydrogen) atoms. The number of nitrogens with one attached hydrogen (secondary N) is 1. The monoisotopic (exact) mass is 297 g/mol. The first kappa shape index (κ1) is 13.8. The Morgan fingerprint density at radius 2 is 2.19 bits per heavy atom. The van der Waals surface area contributed by atoms with Crippen molar-refractivity contribution in [2.24, 2.45) is 7.05 Å². The maximum absolute atomic E-state index is 12.7. The molecular weight excluding hydrogens is 283 g/mol. The van der Waals surface area contributed by atoms with Crippen LogP contribution in [0.1, 0.15) is 35.8 Å². The van der Waals surface area contributed by atoms with Gasteiger partial charge in [0.15, 0.2) is 0 Å². The average Bonchev–Trinajstić information content (AvgIpc) is 2.81. The summed E-state index contributed by atoms with van der Waals surface area (Å²) >= 11 is 0. The lowest BCUT2D eigenvalue weighted by Crippen LogP contribution is -2.20. The Hall–Kier alpha value is -2.12. The van der Waals surface area contributed by atoms with E-state index in [1.165, 1.54) is 0 Å². The highest BCUT2D eigenvalue weighted by Crippen LogP contribution is 2.32. The molecule has 2 aromatic rings. The van der Waals surface area contributed by atoms with Gasteiger partial charge in [-0.05, 0) is 25.3 Å². The van der Waals surface area contributed by atoms with Crippen LogP contribution in [-0.4, -0.2) is 19.7 Å². The molecule has 0 amide bonds. The van der Waals surface area contributed by atoms with Gasteiger partial charge >= 0.3 is 6.18 Å². The van der Waals surface area contributed by atoms with Crippen LogP contribution in [-0.2, 0) is 19.6 Å². The number of aryl methyl sites for hydroxylation is 1. The lowest BCUT2D eigenvalue weighted by molar-refractivity contribution is -0.141. The van der Waals surface area contributed by atoms with Crippen molar-refractivity contribution in [2.45, 2.75) is 31.5 Å². The van der Waals surface area contributed by atoms with Crippen molar-refractivity contribution in [1.82, 2.24) is 19.7 Å². The van der Waals surface area contributed by atoms with Gasteiger partial charge in [0, 0.05) is 24.5 Å². The largest absolute Gasteiger partial charge is 0.433 e. The zero-order valence-corrected chi connectivity index (χ0v) is 11.4. The number of rotatable bonds is 2. The van der Waals surface area contributed by atoms with E-state index in [0.29, 0.717) is 0 Å². The summed E-state index contributed by atoms with van der Waals surface area (Å²) < 4.78 is 39.8. The lowest BCUT2D eigenvalue weighted by Gasteiger charge is -2.23. The molecule has 0 aromatic carbocycles. The van der Waals surface area contributed by atoms with Crippen molar-refractivity contribution in [2.75, 3.05) is 5.32 Å². The second kappa shape index (κ2) is 5.01. The molecule has 5 nitrogen and oxygen atoms in total. The molecule has 1 aliphatic carbocycles. The van der Waals surface area contributed by atoms with Crippen LogP contribution in [0.4, 0.5) is 19.1 Å². The second-order valence-corrected chi connectivity index (χ2v) is 5.02. The van der Waals surface area contributed by atoms with E-state index >= 15 is 0 Å². The molecule has 2 aromatic heterocycles.